The van der Waals surface area contributed by atoms with Crippen molar-refractivity contribution >= 4 is 17.5 Å². The molecule has 1 aliphatic carbocycles. The van der Waals surface area contributed by atoms with E-state index in [0.29, 0.717) is 23.7 Å². The molecule has 0 spiro atoms. The molecule has 0 atom stereocenters. The van der Waals surface area contributed by atoms with Crippen LogP contribution in [-0.4, -0.2) is 24.6 Å². The maximum atomic E-state index is 11.1. The van der Waals surface area contributed by atoms with Crippen LogP contribution in [0.4, 0.5) is 0 Å². The van der Waals surface area contributed by atoms with Gasteiger partial charge in [0.05, 0.1) is 6.61 Å². The maximum Gasteiger partial charge on any atom is 0.217 e. The third-order valence-corrected chi connectivity index (χ3v) is 4.28. The van der Waals surface area contributed by atoms with Gasteiger partial charge >= 0.3 is 0 Å². The summed E-state index contributed by atoms with van der Waals surface area (Å²) >= 11 is 6.02. The minimum Gasteiger partial charge on any atom is -0.493 e. The molecule has 0 heterocycles. The zero-order chi connectivity index (χ0) is 15.9. The molecule has 1 aromatic carbocycles. The zero-order valence-corrected chi connectivity index (χ0v) is 14.1. The Morgan fingerprint density at radius 1 is 1.27 bits per heavy atom. The quantitative estimate of drug-likeness (QED) is 0.844. The van der Waals surface area contributed by atoms with Gasteiger partial charge in [0.15, 0.2) is 0 Å². The molecule has 22 heavy (non-hydrogen) atoms. The van der Waals surface area contributed by atoms with Crippen LogP contribution in [0.15, 0.2) is 18.2 Å². The first kappa shape index (κ1) is 17.1. The molecular weight excluding hydrogens is 300 g/mol. The van der Waals surface area contributed by atoms with E-state index in [2.05, 4.69) is 10.6 Å². The molecular formula is C17H25ClN2O2. The van der Waals surface area contributed by atoms with Crippen molar-refractivity contribution in [3.63, 3.8) is 0 Å². The Balaban J connectivity index is 1.83. The lowest BCUT2D eigenvalue weighted by molar-refractivity contribution is -0.119. The smallest absolute Gasteiger partial charge is 0.217 e. The van der Waals surface area contributed by atoms with E-state index in [9.17, 15) is 4.79 Å². The predicted molar refractivity (Wildman–Crippen MR) is 89.3 cm³/mol. The summed E-state index contributed by atoms with van der Waals surface area (Å²) < 4.78 is 5.65. The van der Waals surface area contributed by atoms with E-state index in [4.69, 9.17) is 16.3 Å². The van der Waals surface area contributed by atoms with E-state index < -0.39 is 0 Å². The van der Waals surface area contributed by atoms with Gasteiger partial charge in [-0.1, -0.05) is 17.7 Å². The number of halogens is 1. The SMILES string of the molecule is CCOc1cc(Cl)ccc1CNC1CCC(NC(C)=O)CC1. The van der Waals surface area contributed by atoms with E-state index >= 15 is 0 Å². The Hall–Kier alpha value is -1.26. The summed E-state index contributed by atoms with van der Waals surface area (Å²) in [6, 6.07) is 6.62. The van der Waals surface area contributed by atoms with E-state index in [1.807, 2.05) is 25.1 Å². The standard InChI is InChI=1S/C17H25ClN2O2/c1-3-22-17-10-14(18)5-4-13(17)11-19-15-6-8-16(9-7-15)20-12(2)21/h4-5,10,15-16,19H,3,6-9,11H2,1-2H3,(H,20,21). The van der Waals surface area contributed by atoms with Gasteiger partial charge in [-0.15, -0.1) is 0 Å². The van der Waals surface area contributed by atoms with Gasteiger partial charge in [0.2, 0.25) is 5.91 Å². The van der Waals surface area contributed by atoms with Gasteiger partial charge in [-0.25, -0.2) is 0 Å². The third-order valence-electron chi connectivity index (χ3n) is 4.04. The van der Waals surface area contributed by atoms with Gasteiger partial charge in [0.25, 0.3) is 0 Å². The van der Waals surface area contributed by atoms with Crippen LogP contribution < -0.4 is 15.4 Å². The molecule has 4 nitrogen and oxygen atoms in total. The second-order valence-electron chi connectivity index (χ2n) is 5.82. The molecule has 0 radical (unpaired) electrons. The molecule has 0 unspecified atom stereocenters. The molecule has 0 saturated heterocycles. The van der Waals surface area contributed by atoms with Crippen LogP contribution in [-0.2, 0) is 11.3 Å². The van der Waals surface area contributed by atoms with Crippen LogP contribution in [0.1, 0.15) is 45.1 Å². The second-order valence-corrected chi connectivity index (χ2v) is 6.25. The van der Waals surface area contributed by atoms with Gasteiger partial charge < -0.3 is 15.4 Å². The van der Waals surface area contributed by atoms with Crippen molar-refractivity contribution in [3.05, 3.63) is 28.8 Å². The molecule has 2 rings (SSSR count). The summed E-state index contributed by atoms with van der Waals surface area (Å²) in [6.45, 7) is 4.97. The largest absolute Gasteiger partial charge is 0.493 e. The lowest BCUT2D eigenvalue weighted by Gasteiger charge is -2.29. The van der Waals surface area contributed by atoms with Crippen molar-refractivity contribution in [2.75, 3.05) is 6.61 Å². The molecule has 1 saturated carbocycles. The first-order chi connectivity index (χ1) is 10.6. The number of hydrogen-bond acceptors (Lipinski definition) is 3. The Kier molecular flexibility index (Phi) is 6.52. The highest BCUT2D eigenvalue weighted by atomic mass is 35.5. The number of nitrogens with one attached hydrogen (secondary N) is 2. The molecule has 0 aromatic heterocycles. The van der Waals surface area contributed by atoms with E-state index in [-0.39, 0.29) is 5.91 Å². The van der Waals surface area contributed by atoms with Crippen LogP contribution >= 0.6 is 11.6 Å². The number of rotatable bonds is 6. The van der Waals surface area contributed by atoms with Crippen molar-refractivity contribution < 1.29 is 9.53 Å². The van der Waals surface area contributed by atoms with E-state index in [1.165, 1.54) is 0 Å². The number of ether oxygens (including phenoxy) is 1. The van der Waals surface area contributed by atoms with Crippen LogP contribution in [0.5, 0.6) is 5.75 Å². The number of hydrogen-bond donors (Lipinski definition) is 2. The van der Waals surface area contributed by atoms with Crippen LogP contribution in [0.2, 0.25) is 5.02 Å². The molecule has 1 aromatic rings. The van der Waals surface area contributed by atoms with Crippen molar-refractivity contribution in [1.82, 2.24) is 10.6 Å². The predicted octanol–water partition coefficient (Wildman–Crippen LogP) is 3.28. The van der Waals surface area contributed by atoms with Crippen LogP contribution in [0, 0.1) is 0 Å². The Labute approximate surface area is 137 Å². The molecule has 2 N–H and O–H groups in total. The lowest BCUT2D eigenvalue weighted by Crippen LogP contribution is -2.41. The summed E-state index contributed by atoms with van der Waals surface area (Å²) in [5.41, 5.74) is 1.13. The van der Waals surface area contributed by atoms with Gasteiger partial charge in [-0.05, 0) is 44.7 Å². The molecule has 0 bridgehead atoms. The molecule has 1 aliphatic rings. The fourth-order valence-corrected chi connectivity index (χ4v) is 3.11. The second kappa shape index (κ2) is 8.39. The topological polar surface area (TPSA) is 50.4 Å². The average molecular weight is 325 g/mol. The Bertz CT molecular complexity index is 499. The lowest BCUT2D eigenvalue weighted by atomic mass is 9.91. The van der Waals surface area contributed by atoms with Crippen LogP contribution in [0.25, 0.3) is 0 Å². The molecule has 5 heteroatoms. The van der Waals surface area contributed by atoms with E-state index in [1.54, 1.807) is 6.92 Å². The Morgan fingerprint density at radius 3 is 2.59 bits per heavy atom. The average Bonchev–Trinajstić information content (AvgIpc) is 2.48. The first-order valence-corrected chi connectivity index (χ1v) is 8.38. The van der Waals surface area contributed by atoms with Gasteiger partial charge in [-0.2, -0.15) is 0 Å². The minimum absolute atomic E-state index is 0.0685. The molecule has 122 valence electrons. The monoisotopic (exact) mass is 324 g/mol. The van der Waals surface area contributed by atoms with Gasteiger partial charge in [-0.3, -0.25) is 4.79 Å². The van der Waals surface area contributed by atoms with Crippen molar-refractivity contribution in [1.29, 1.82) is 0 Å². The Morgan fingerprint density at radius 2 is 1.95 bits per heavy atom. The number of carbonyl (C=O) groups is 1. The molecule has 1 amide bonds. The highest BCUT2D eigenvalue weighted by molar-refractivity contribution is 6.30. The van der Waals surface area contributed by atoms with Crippen LogP contribution in [0.3, 0.4) is 0 Å². The summed E-state index contributed by atoms with van der Waals surface area (Å²) in [5.74, 6) is 0.924. The first-order valence-electron chi connectivity index (χ1n) is 8.00. The molecule has 1 fully saturated rings. The van der Waals surface area contributed by atoms with Crippen molar-refractivity contribution in [3.8, 4) is 5.75 Å². The van der Waals surface area contributed by atoms with E-state index in [0.717, 1.165) is 43.5 Å². The fourth-order valence-electron chi connectivity index (χ4n) is 2.95. The van der Waals surface area contributed by atoms with Crippen molar-refractivity contribution in [2.45, 2.75) is 58.2 Å². The summed E-state index contributed by atoms with van der Waals surface area (Å²) in [5, 5.41) is 7.30. The minimum atomic E-state index is 0.0685. The highest BCUT2D eigenvalue weighted by Gasteiger charge is 2.21. The summed E-state index contributed by atoms with van der Waals surface area (Å²) in [6.07, 6.45) is 4.25. The maximum absolute atomic E-state index is 11.1. The zero-order valence-electron chi connectivity index (χ0n) is 13.3. The third kappa shape index (κ3) is 5.18. The highest BCUT2D eigenvalue weighted by Crippen LogP contribution is 2.25. The fraction of sp³-hybridized carbons (Fsp3) is 0.588. The number of amides is 1. The summed E-state index contributed by atoms with van der Waals surface area (Å²) in [4.78, 5) is 11.1. The number of carbonyl (C=O) groups excluding carboxylic acids is 1. The summed E-state index contributed by atoms with van der Waals surface area (Å²) in [7, 11) is 0. The normalized spacial score (nSPS) is 21.4. The van der Waals surface area contributed by atoms with Gasteiger partial charge in [0, 0.05) is 36.1 Å². The van der Waals surface area contributed by atoms with Crippen molar-refractivity contribution in [2.24, 2.45) is 0 Å². The molecule has 0 aliphatic heterocycles. The van der Waals surface area contributed by atoms with Gasteiger partial charge in [0.1, 0.15) is 5.75 Å². The number of benzene rings is 1.